The molecule has 0 spiro atoms. The number of rotatable bonds is 2. The van der Waals surface area contributed by atoms with Crippen LogP contribution in [0.1, 0.15) is 61.3 Å². The summed E-state index contributed by atoms with van der Waals surface area (Å²) in [7, 11) is 0. The molecule has 0 aliphatic heterocycles. The summed E-state index contributed by atoms with van der Waals surface area (Å²) < 4.78 is 0. The average Bonchev–Trinajstić information content (AvgIpc) is 2.04. The molecule has 1 nitrogen and oxygen atoms in total. The van der Waals surface area contributed by atoms with Gasteiger partial charge in [-0.1, -0.05) is 39.8 Å². The maximum atomic E-state index is 3.53. The van der Waals surface area contributed by atoms with E-state index in [9.17, 15) is 0 Å². The predicted octanol–water partition coefficient (Wildman–Crippen LogP) is 4.66. The first-order chi connectivity index (χ1) is 7.49. The second-order valence-corrected chi connectivity index (χ2v) is 7.96. The molecule has 1 N–H and O–H groups in total. The number of hydrogen-bond donors (Lipinski definition) is 1. The van der Waals surface area contributed by atoms with Crippen LogP contribution in [0, 0.1) is 10.8 Å². The van der Waals surface area contributed by atoms with Gasteiger partial charge in [0, 0.05) is 11.2 Å². The molecule has 1 aliphatic rings. The minimum absolute atomic E-state index is 0.147. The van der Waals surface area contributed by atoms with Crippen LogP contribution in [-0.2, 0) is 0 Å². The molecule has 17 heavy (non-hydrogen) atoms. The van der Waals surface area contributed by atoms with Crippen molar-refractivity contribution in [1.29, 1.82) is 0 Å². The molecule has 0 heterocycles. The molecule has 1 rings (SSSR count). The molecule has 0 saturated heterocycles. The van der Waals surface area contributed by atoms with Gasteiger partial charge in [0.25, 0.3) is 0 Å². The van der Waals surface area contributed by atoms with Gasteiger partial charge in [0.2, 0.25) is 0 Å². The maximum Gasteiger partial charge on any atom is 0.0300 e. The lowest BCUT2D eigenvalue weighted by atomic mass is 9.71. The smallest absolute Gasteiger partial charge is 0.0300 e. The van der Waals surface area contributed by atoms with Gasteiger partial charge >= 0.3 is 0 Å². The van der Waals surface area contributed by atoms with Gasteiger partial charge in [-0.3, -0.25) is 0 Å². The van der Waals surface area contributed by atoms with Gasteiger partial charge in [-0.05, 0) is 50.5 Å². The summed E-state index contributed by atoms with van der Waals surface area (Å²) in [4.78, 5) is 0. The fourth-order valence-corrected chi connectivity index (χ4v) is 2.64. The van der Waals surface area contributed by atoms with Gasteiger partial charge in [0.15, 0.2) is 0 Å². The van der Waals surface area contributed by atoms with Crippen molar-refractivity contribution in [1.82, 2.24) is 5.32 Å². The summed E-state index contributed by atoms with van der Waals surface area (Å²) in [6.07, 6.45) is 9.35. The van der Waals surface area contributed by atoms with Crippen LogP contribution < -0.4 is 5.32 Å². The number of hydrogen-bond acceptors (Lipinski definition) is 1. The van der Waals surface area contributed by atoms with Gasteiger partial charge in [-0.15, -0.1) is 0 Å². The topological polar surface area (TPSA) is 12.0 Å². The van der Waals surface area contributed by atoms with E-state index in [2.05, 4.69) is 72.0 Å². The zero-order valence-corrected chi connectivity index (χ0v) is 12.6. The van der Waals surface area contributed by atoms with Crippen LogP contribution in [0.2, 0.25) is 0 Å². The Labute approximate surface area is 107 Å². The minimum Gasteiger partial charge on any atom is -0.381 e. The number of allylic oxidation sites excluding steroid dienone is 3. The Hall–Kier alpha value is -0.720. The Kier molecular flexibility index (Phi) is 3.81. The van der Waals surface area contributed by atoms with E-state index in [-0.39, 0.29) is 5.54 Å². The zero-order valence-electron chi connectivity index (χ0n) is 12.6. The summed E-state index contributed by atoms with van der Waals surface area (Å²) in [5.41, 5.74) is 2.13. The van der Waals surface area contributed by atoms with E-state index in [0.29, 0.717) is 10.8 Å². The largest absolute Gasteiger partial charge is 0.381 e. The highest BCUT2D eigenvalue weighted by molar-refractivity contribution is 5.26. The Morgan fingerprint density at radius 1 is 1.18 bits per heavy atom. The first-order valence-corrected chi connectivity index (χ1v) is 6.67. The Morgan fingerprint density at radius 3 is 2.12 bits per heavy atom. The molecule has 0 radical (unpaired) electrons. The van der Waals surface area contributed by atoms with Crippen molar-refractivity contribution in [3.63, 3.8) is 0 Å². The van der Waals surface area contributed by atoms with E-state index in [4.69, 9.17) is 0 Å². The molecule has 1 heteroatoms. The molecule has 0 aromatic rings. The SMILES string of the molecule is CC(C)(C)CC1(C)C=CC(NC(C)(C)C)=CC1. The molecule has 1 atom stereocenters. The summed E-state index contributed by atoms with van der Waals surface area (Å²) in [5.74, 6) is 0. The Balaban J connectivity index is 2.64. The minimum atomic E-state index is 0.147. The summed E-state index contributed by atoms with van der Waals surface area (Å²) in [6, 6.07) is 0. The third-order valence-electron chi connectivity index (χ3n) is 2.91. The summed E-state index contributed by atoms with van der Waals surface area (Å²) in [6.45, 7) is 15.9. The fraction of sp³-hybridized carbons (Fsp3) is 0.750. The Morgan fingerprint density at radius 2 is 1.76 bits per heavy atom. The fourth-order valence-electron chi connectivity index (χ4n) is 2.64. The van der Waals surface area contributed by atoms with Gasteiger partial charge in [-0.25, -0.2) is 0 Å². The van der Waals surface area contributed by atoms with E-state index < -0.39 is 0 Å². The van der Waals surface area contributed by atoms with Crippen molar-refractivity contribution in [2.75, 3.05) is 0 Å². The van der Waals surface area contributed by atoms with Gasteiger partial charge in [-0.2, -0.15) is 0 Å². The molecule has 0 saturated carbocycles. The van der Waals surface area contributed by atoms with Gasteiger partial charge < -0.3 is 5.32 Å². The van der Waals surface area contributed by atoms with Crippen LogP contribution in [0.4, 0.5) is 0 Å². The average molecular weight is 235 g/mol. The molecule has 0 bridgehead atoms. The van der Waals surface area contributed by atoms with E-state index in [1.165, 1.54) is 12.1 Å². The highest BCUT2D eigenvalue weighted by Gasteiger charge is 2.28. The second-order valence-electron chi connectivity index (χ2n) is 7.96. The lowest BCUT2D eigenvalue weighted by molar-refractivity contribution is 0.242. The lowest BCUT2D eigenvalue weighted by Crippen LogP contribution is -2.35. The quantitative estimate of drug-likeness (QED) is 0.734. The van der Waals surface area contributed by atoms with Crippen molar-refractivity contribution in [3.8, 4) is 0 Å². The third kappa shape index (κ3) is 5.43. The summed E-state index contributed by atoms with van der Waals surface area (Å²) >= 11 is 0. The highest BCUT2D eigenvalue weighted by atomic mass is 15.0. The second kappa shape index (κ2) is 4.51. The third-order valence-corrected chi connectivity index (χ3v) is 2.91. The normalized spacial score (nSPS) is 25.7. The first-order valence-electron chi connectivity index (χ1n) is 6.67. The number of nitrogens with one attached hydrogen (secondary N) is 1. The predicted molar refractivity (Wildman–Crippen MR) is 76.9 cm³/mol. The van der Waals surface area contributed by atoms with Crippen LogP contribution in [0.25, 0.3) is 0 Å². The molecular formula is C16H29N. The van der Waals surface area contributed by atoms with Crippen molar-refractivity contribution < 1.29 is 0 Å². The molecule has 0 aromatic carbocycles. The van der Waals surface area contributed by atoms with E-state index in [1.54, 1.807) is 0 Å². The van der Waals surface area contributed by atoms with E-state index >= 15 is 0 Å². The van der Waals surface area contributed by atoms with Crippen LogP contribution >= 0.6 is 0 Å². The molecular weight excluding hydrogens is 206 g/mol. The van der Waals surface area contributed by atoms with Crippen LogP contribution in [0.15, 0.2) is 23.9 Å². The van der Waals surface area contributed by atoms with Crippen molar-refractivity contribution in [3.05, 3.63) is 23.9 Å². The van der Waals surface area contributed by atoms with E-state index in [1.807, 2.05) is 0 Å². The molecule has 98 valence electrons. The molecule has 0 fully saturated rings. The molecule has 1 aliphatic carbocycles. The summed E-state index contributed by atoms with van der Waals surface area (Å²) in [5, 5.41) is 3.53. The van der Waals surface area contributed by atoms with Gasteiger partial charge in [0.1, 0.15) is 0 Å². The van der Waals surface area contributed by atoms with Crippen molar-refractivity contribution >= 4 is 0 Å². The molecule has 0 aromatic heterocycles. The molecule has 1 unspecified atom stereocenters. The van der Waals surface area contributed by atoms with Crippen molar-refractivity contribution in [2.45, 2.75) is 66.8 Å². The zero-order chi connectivity index (χ0) is 13.3. The van der Waals surface area contributed by atoms with E-state index in [0.717, 1.165) is 6.42 Å². The van der Waals surface area contributed by atoms with Crippen molar-refractivity contribution in [2.24, 2.45) is 10.8 Å². The van der Waals surface area contributed by atoms with Crippen LogP contribution in [-0.4, -0.2) is 5.54 Å². The monoisotopic (exact) mass is 235 g/mol. The highest BCUT2D eigenvalue weighted by Crippen LogP contribution is 2.39. The first kappa shape index (κ1) is 14.3. The standard InChI is InChI=1S/C16H29N/c1-14(2,3)12-16(7)10-8-13(9-11-16)17-15(4,5)6/h8-10,17H,11-12H2,1-7H3. The Bertz CT molecular complexity index is 322. The maximum absolute atomic E-state index is 3.53. The molecule has 0 amide bonds. The lowest BCUT2D eigenvalue weighted by Gasteiger charge is -2.35. The van der Waals surface area contributed by atoms with Gasteiger partial charge in [0.05, 0.1) is 0 Å². The van der Waals surface area contributed by atoms with Crippen LogP contribution in [0.3, 0.4) is 0 Å². The van der Waals surface area contributed by atoms with Crippen LogP contribution in [0.5, 0.6) is 0 Å².